The molecule has 2 aliphatic rings. The van der Waals surface area contributed by atoms with Gasteiger partial charge in [0, 0.05) is 11.3 Å². The highest BCUT2D eigenvalue weighted by atomic mass is 32.2. The number of rotatable bonds is 5. The van der Waals surface area contributed by atoms with Crippen LogP contribution in [0.15, 0.2) is 0 Å². The van der Waals surface area contributed by atoms with Gasteiger partial charge < -0.3 is 0 Å². The number of hydrazine groups is 1. The average molecular weight is 214 g/mol. The number of hydrogen-bond donors (Lipinski definition) is 2. The molecular formula is C11H22N2S. The molecule has 2 unspecified atom stereocenters. The molecule has 2 nitrogen and oxygen atoms in total. The van der Waals surface area contributed by atoms with Crippen molar-refractivity contribution in [2.24, 2.45) is 11.8 Å². The van der Waals surface area contributed by atoms with Crippen LogP contribution in [0.3, 0.4) is 0 Å². The summed E-state index contributed by atoms with van der Waals surface area (Å²) in [5.41, 5.74) is 3.03. The van der Waals surface area contributed by atoms with E-state index in [1.807, 2.05) is 0 Å². The van der Waals surface area contributed by atoms with Crippen LogP contribution in [0.2, 0.25) is 0 Å². The normalized spacial score (nSPS) is 30.2. The molecule has 2 fully saturated rings. The van der Waals surface area contributed by atoms with Gasteiger partial charge >= 0.3 is 0 Å². The molecule has 2 rings (SSSR count). The van der Waals surface area contributed by atoms with Crippen LogP contribution in [0.1, 0.15) is 44.9 Å². The maximum absolute atomic E-state index is 5.65. The second kappa shape index (κ2) is 5.38. The second-order valence-electron chi connectivity index (χ2n) is 4.70. The van der Waals surface area contributed by atoms with Crippen LogP contribution in [0, 0.1) is 5.92 Å². The standard InChI is InChI=1S/C11H22N2S/c12-13-10(7-6-9-4-5-9)11-3-1-2-8-14-11/h9-11,13H,1-8,12H2. The van der Waals surface area contributed by atoms with E-state index in [-0.39, 0.29) is 0 Å². The van der Waals surface area contributed by atoms with E-state index in [9.17, 15) is 0 Å². The molecule has 0 amide bonds. The summed E-state index contributed by atoms with van der Waals surface area (Å²) in [6.45, 7) is 0. The third-order valence-electron chi connectivity index (χ3n) is 3.46. The summed E-state index contributed by atoms with van der Waals surface area (Å²) in [5.74, 6) is 8.03. The predicted octanol–water partition coefficient (Wildman–Crippen LogP) is 2.29. The van der Waals surface area contributed by atoms with Crippen molar-refractivity contribution in [1.29, 1.82) is 0 Å². The van der Waals surface area contributed by atoms with Gasteiger partial charge in [0.1, 0.15) is 0 Å². The summed E-state index contributed by atoms with van der Waals surface area (Å²) in [6.07, 6.45) is 9.79. The van der Waals surface area contributed by atoms with E-state index in [0.29, 0.717) is 6.04 Å². The number of hydrogen-bond acceptors (Lipinski definition) is 3. The van der Waals surface area contributed by atoms with Crippen LogP contribution in [0.5, 0.6) is 0 Å². The molecule has 2 atom stereocenters. The van der Waals surface area contributed by atoms with Crippen molar-refractivity contribution < 1.29 is 0 Å². The third kappa shape index (κ3) is 3.14. The highest BCUT2D eigenvalue weighted by molar-refractivity contribution is 8.00. The number of nitrogens with two attached hydrogens (primary N) is 1. The molecule has 1 heterocycles. The zero-order valence-electron chi connectivity index (χ0n) is 8.87. The molecule has 1 saturated heterocycles. The van der Waals surface area contributed by atoms with E-state index >= 15 is 0 Å². The van der Waals surface area contributed by atoms with Gasteiger partial charge in [-0.1, -0.05) is 19.3 Å². The molecule has 0 radical (unpaired) electrons. The monoisotopic (exact) mass is 214 g/mol. The molecule has 0 bridgehead atoms. The molecule has 82 valence electrons. The summed E-state index contributed by atoms with van der Waals surface area (Å²) in [6, 6.07) is 0.570. The number of nitrogens with one attached hydrogen (secondary N) is 1. The van der Waals surface area contributed by atoms with Crippen molar-refractivity contribution in [3.05, 3.63) is 0 Å². The lowest BCUT2D eigenvalue weighted by Crippen LogP contribution is -2.43. The van der Waals surface area contributed by atoms with Crippen molar-refractivity contribution in [3.8, 4) is 0 Å². The van der Waals surface area contributed by atoms with E-state index in [0.717, 1.165) is 11.2 Å². The van der Waals surface area contributed by atoms with Gasteiger partial charge in [-0.25, -0.2) is 0 Å². The molecule has 0 spiro atoms. The molecule has 14 heavy (non-hydrogen) atoms. The van der Waals surface area contributed by atoms with E-state index in [4.69, 9.17) is 5.84 Å². The molecule has 3 N–H and O–H groups in total. The Morgan fingerprint density at radius 2 is 2.14 bits per heavy atom. The Hall–Kier alpha value is 0.270. The molecule has 3 heteroatoms. The van der Waals surface area contributed by atoms with Crippen LogP contribution in [0.4, 0.5) is 0 Å². The minimum absolute atomic E-state index is 0.570. The summed E-state index contributed by atoms with van der Waals surface area (Å²) >= 11 is 2.13. The van der Waals surface area contributed by atoms with Crippen molar-refractivity contribution >= 4 is 11.8 Å². The topological polar surface area (TPSA) is 38.0 Å². The molecule has 1 aliphatic heterocycles. The van der Waals surface area contributed by atoms with Gasteiger partial charge in [-0.05, 0) is 37.4 Å². The molecule has 0 aromatic heterocycles. The zero-order chi connectivity index (χ0) is 9.80. The van der Waals surface area contributed by atoms with Crippen molar-refractivity contribution in [2.45, 2.75) is 56.2 Å². The fourth-order valence-corrected chi connectivity index (χ4v) is 3.74. The first kappa shape index (κ1) is 10.8. The Morgan fingerprint density at radius 3 is 2.71 bits per heavy atom. The lowest BCUT2D eigenvalue weighted by molar-refractivity contribution is 0.428. The van der Waals surface area contributed by atoms with Gasteiger partial charge in [-0.15, -0.1) is 0 Å². The van der Waals surface area contributed by atoms with Crippen LogP contribution in [-0.4, -0.2) is 17.0 Å². The Bertz CT molecular complexity index is 165. The summed E-state index contributed by atoms with van der Waals surface area (Å²) in [7, 11) is 0. The quantitative estimate of drug-likeness (QED) is 0.545. The average Bonchev–Trinajstić information content (AvgIpc) is 3.04. The van der Waals surface area contributed by atoms with Gasteiger partial charge in [0.2, 0.25) is 0 Å². The largest absolute Gasteiger partial charge is 0.271 e. The van der Waals surface area contributed by atoms with Crippen molar-refractivity contribution in [3.63, 3.8) is 0 Å². The molecule has 0 aromatic carbocycles. The third-order valence-corrected chi connectivity index (χ3v) is 4.98. The lowest BCUT2D eigenvalue weighted by Gasteiger charge is -2.29. The molecule has 0 aromatic rings. The lowest BCUT2D eigenvalue weighted by atomic mass is 10.0. The summed E-state index contributed by atoms with van der Waals surface area (Å²) in [4.78, 5) is 0. The van der Waals surface area contributed by atoms with Gasteiger partial charge in [0.15, 0.2) is 0 Å². The van der Waals surface area contributed by atoms with Crippen molar-refractivity contribution in [2.75, 3.05) is 5.75 Å². The SMILES string of the molecule is NNC(CCC1CC1)C1CCCCS1. The van der Waals surface area contributed by atoms with Gasteiger partial charge in [-0.2, -0.15) is 11.8 Å². The first-order valence-corrected chi connectivity index (χ1v) is 7.03. The maximum atomic E-state index is 5.65. The zero-order valence-corrected chi connectivity index (χ0v) is 9.69. The first-order chi connectivity index (χ1) is 6.90. The fraction of sp³-hybridized carbons (Fsp3) is 1.00. The summed E-state index contributed by atoms with van der Waals surface area (Å²) in [5, 5.41) is 0.785. The van der Waals surface area contributed by atoms with E-state index in [2.05, 4.69) is 17.2 Å². The van der Waals surface area contributed by atoms with Crippen molar-refractivity contribution in [1.82, 2.24) is 5.43 Å². The maximum Gasteiger partial charge on any atom is 0.0329 e. The highest BCUT2D eigenvalue weighted by Crippen LogP contribution is 2.36. The first-order valence-electron chi connectivity index (χ1n) is 5.98. The minimum Gasteiger partial charge on any atom is -0.271 e. The van der Waals surface area contributed by atoms with Crippen LogP contribution >= 0.6 is 11.8 Å². The minimum atomic E-state index is 0.570. The molecule has 1 aliphatic carbocycles. The summed E-state index contributed by atoms with van der Waals surface area (Å²) < 4.78 is 0. The van der Waals surface area contributed by atoms with Gasteiger partial charge in [0.25, 0.3) is 0 Å². The fourth-order valence-electron chi connectivity index (χ4n) is 2.28. The molecule has 1 saturated carbocycles. The second-order valence-corrected chi connectivity index (χ2v) is 6.05. The Morgan fingerprint density at radius 1 is 1.29 bits per heavy atom. The Labute approximate surface area is 91.4 Å². The highest BCUT2D eigenvalue weighted by Gasteiger charge is 2.27. The molecular weight excluding hydrogens is 192 g/mol. The van der Waals surface area contributed by atoms with Crippen LogP contribution < -0.4 is 11.3 Å². The van der Waals surface area contributed by atoms with Gasteiger partial charge in [0.05, 0.1) is 0 Å². The van der Waals surface area contributed by atoms with E-state index < -0.39 is 0 Å². The van der Waals surface area contributed by atoms with Crippen LogP contribution in [0.25, 0.3) is 0 Å². The van der Waals surface area contributed by atoms with Gasteiger partial charge in [-0.3, -0.25) is 11.3 Å². The number of thioether (sulfide) groups is 1. The Balaban J connectivity index is 1.71. The van der Waals surface area contributed by atoms with E-state index in [1.165, 1.54) is 50.7 Å². The Kier molecular flexibility index (Phi) is 4.14. The van der Waals surface area contributed by atoms with E-state index in [1.54, 1.807) is 0 Å². The predicted molar refractivity (Wildman–Crippen MR) is 63.2 cm³/mol. The van der Waals surface area contributed by atoms with Crippen LogP contribution in [-0.2, 0) is 0 Å². The smallest absolute Gasteiger partial charge is 0.0329 e.